The zero-order valence-corrected chi connectivity index (χ0v) is 12.9. The van der Waals surface area contributed by atoms with E-state index in [1.807, 2.05) is 0 Å². The molecule has 1 aromatic rings. The number of unbranched alkanes of at least 4 members (excludes halogenated alkanes) is 7. The minimum Gasteiger partial charge on any atom is -0.356 e. The molecule has 0 aliphatic heterocycles. The molecule has 0 aliphatic carbocycles. The number of nitrogens with one attached hydrogen (secondary N) is 1. The lowest BCUT2D eigenvalue weighted by Gasteiger charge is -2.03. The van der Waals surface area contributed by atoms with Crippen molar-refractivity contribution < 1.29 is 4.79 Å². The van der Waals surface area contributed by atoms with Gasteiger partial charge in [0.2, 0.25) is 5.91 Å². The van der Waals surface area contributed by atoms with Crippen LogP contribution in [0.2, 0.25) is 0 Å². The van der Waals surface area contributed by atoms with Crippen LogP contribution in [-0.2, 0) is 11.2 Å². The van der Waals surface area contributed by atoms with Gasteiger partial charge in [0.15, 0.2) is 0 Å². The van der Waals surface area contributed by atoms with Crippen LogP contribution in [0.15, 0.2) is 30.3 Å². The van der Waals surface area contributed by atoms with Gasteiger partial charge >= 0.3 is 0 Å². The van der Waals surface area contributed by atoms with Crippen molar-refractivity contribution in [3.05, 3.63) is 35.9 Å². The molecule has 0 aromatic heterocycles. The van der Waals surface area contributed by atoms with E-state index in [4.69, 9.17) is 0 Å². The Morgan fingerprint density at radius 2 is 1.40 bits per heavy atom. The van der Waals surface area contributed by atoms with E-state index < -0.39 is 0 Å². The summed E-state index contributed by atoms with van der Waals surface area (Å²) in [6.07, 6.45) is 11.6. The second-order valence-electron chi connectivity index (χ2n) is 5.55. The summed E-state index contributed by atoms with van der Waals surface area (Å²) in [5.41, 5.74) is 1.46. The highest BCUT2D eigenvalue weighted by molar-refractivity contribution is 5.72. The topological polar surface area (TPSA) is 29.1 Å². The van der Waals surface area contributed by atoms with Crippen molar-refractivity contribution in [1.29, 1.82) is 0 Å². The molecule has 0 unspecified atom stereocenters. The molecule has 1 N–H and O–H groups in total. The summed E-state index contributed by atoms with van der Waals surface area (Å²) in [4.78, 5) is 10.7. The molecule has 1 rings (SSSR count). The van der Waals surface area contributed by atoms with E-state index in [0.717, 1.165) is 13.0 Å². The predicted octanol–water partition coefficient (Wildman–Crippen LogP) is 4.49. The van der Waals surface area contributed by atoms with Crippen molar-refractivity contribution in [1.82, 2.24) is 5.32 Å². The number of rotatable bonds is 11. The first kappa shape index (κ1) is 16.7. The van der Waals surface area contributed by atoms with Gasteiger partial charge in [0.25, 0.3) is 0 Å². The molecule has 0 fully saturated rings. The molecule has 0 aliphatic rings. The van der Waals surface area contributed by atoms with Gasteiger partial charge in [-0.15, -0.1) is 0 Å². The summed E-state index contributed by atoms with van der Waals surface area (Å²) in [6, 6.07) is 10.8. The molecule has 2 nitrogen and oxygen atoms in total. The first-order valence-electron chi connectivity index (χ1n) is 8.07. The number of benzene rings is 1. The first-order chi connectivity index (χ1) is 9.79. The maximum absolute atomic E-state index is 10.7. The fourth-order valence-corrected chi connectivity index (χ4v) is 2.42. The Labute approximate surface area is 124 Å². The summed E-state index contributed by atoms with van der Waals surface area (Å²) in [6.45, 7) is 2.42. The summed E-state index contributed by atoms with van der Waals surface area (Å²) >= 11 is 0. The second-order valence-corrected chi connectivity index (χ2v) is 5.55. The molecule has 2 heteroatoms. The van der Waals surface area contributed by atoms with E-state index in [1.54, 1.807) is 6.92 Å². The Hall–Kier alpha value is -1.31. The molecule has 0 saturated heterocycles. The van der Waals surface area contributed by atoms with Gasteiger partial charge in [-0.2, -0.15) is 0 Å². The van der Waals surface area contributed by atoms with Crippen LogP contribution in [-0.4, -0.2) is 12.5 Å². The molecule has 1 aromatic carbocycles. The summed E-state index contributed by atoms with van der Waals surface area (Å²) < 4.78 is 0. The smallest absolute Gasteiger partial charge is 0.216 e. The average molecular weight is 275 g/mol. The van der Waals surface area contributed by atoms with Crippen molar-refractivity contribution in [2.24, 2.45) is 0 Å². The lowest BCUT2D eigenvalue weighted by Crippen LogP contribution is -2.20. The average Bonchev–Trinajstić information content (AvgIpc) is 2.45. The second kappa shape index (κ2) is 11.5. The minimum absolute atomic E-state index is 0.0865. The molecule has 0 heterocycles. The Morgan fingerprint density at radius 3 is 2.00 bits per heavy atom. The Kier molecular flexibility index (Phi) is 9.64. The SMILES string of the molecule is CC(=O)NCCCCCCCCCCc1ccccc1. The minimum atomic E-state index is 0.0865. The zero-order chi connectivity index (χ0) is 14.5. The maximum Gasteiger partial charge on any atom is 0.216 e. The first-order valence-corrected chi connectivity index (χ1v) is 8.07. The third-order valence-corrected chi connectivity index (χ3v) is 3.61. The van der Waals surface area contributed by atoms with Gasteiger partial charge in [-0.25, -0.2) is 0 Å². The number of aryl methyl sites for hydroxylation is 1. The molecule has 0 radical (unpaired) electrons. The van der Waals surface area contributed by atoms with Crippen molar-refractivity contribution in [3.63, 3.8) is 0 Å². The number of hydrogen-bond donors (Lipinski definition) is 1. The normalized spacial score (nSPS) is 10.4. The molecule has 0 bridgehead atoms. The Bertz CT molecular complexity index is 348. The van der Waals surface area contributed by atoms with Crippen LogP contribution in [0.1, 0.15) is 63.9 Å². The largest absolute Gasteiger partial charge is 0.356 e. The molecular formula is C18H29NO. The highest BCUT2D eigenvalue weighted by atomic mass is 16.1. The molecule has 1 amide bonds. The Morgan fingerprint density at radius 1 is 0.850 bits per heavy atom. The van der Waals surface area contributed by atoms with Crippen LogP contribution < -0.4 is 5.32 Å². The summed E-state index contributed by atoms with van der Waals surface area (Å²) in [5, 5.41) is 2.84. The van der Waals surface area contributed by atoms with Crippen LogP contribution >= 0.6 is 0 Å². The van der Waals surface area contributed by atoms with Crippen LogP contribution in [0.3, 0.4) is 0 Å². The molecule has 0 atom stereocenters. The standard InChI is InChI=1S/C18H29NO/c1-17(20)19-16-12-7-5-3-2-4-6-9-13-18-14-10-8-11-15-18/h8,10-11,14-15H,2-7,9,12-13,16H2,1H3,(H,19,20). The van der Waals surface area contributed by atoms with E-state index in [0.29, 0.717) is 0 Å². The summed E-state index contributed by atoms with van der Waals surface area (Å²) in [5.74, 6) is 0.0865. The number of hydrogen-bond acceptors (Lipinski definition) is 1. The van der Waals surface area contributed by atoms with Crippen molar-refractivity contribution >= 4 is 5.91 Å². The molecule has 20 heavy (non-hydrogen) atoms. The van der Waals surface area contributed by atoms with Gasteiger partial charge in [0.05, 0.1) is 0 Å². The van der Waals surface area contributed by atoms with E-state index in [9.17, 15) is 4.79 Å². The lowest BCUT2D eigenvalue weighted by molar-refractivity contribution is -0.118. The van der Waals surface area contributed by atoms with E-state index in [-0.39, 0.29) is 5.91 Å². The van der Waals surface area contributed by atoms with E-state index in [2.05, 4.69) is 35.6 Å². The van der Waals surface area contributed by atoms with Gasteiger partial charge in [-0.05, 0) is 24.8 Å². The number of carbonyl (C=O) groups is 1. The van der Waals surface area contributed by atoms with Gasteiger partial charge < -0.3 is 5.32 Å². The van der Waals surface area contributed by atoms with Crippen molar-refractivity contribution in [2.75, 3.05) is 6.54 Å². The molecule has 112 valence electrons. The third-order valence-electron chi connectivity index (χ3n) is 3.61. The Balaban J connectivity index is 1.80. The highest BCUT2D eigenvalue weighted by Gasteiger charge is 1.95. The van der Waals surface area contributed by atoms with E-state index in [1.165, 1.54) is 56.9 Å². The molecule has 0 saturated carbocycles. The quantitative estimate of drug-likeness (QED) is 0.592. The van der Waals surface area contributed by atoms with Gasteiger partial charge in [-0.3, -0.25) is 4.79 Å². The predicted molar refractivity (Wildman–Crippen MR) is 85.8 cm³/mol. The maximum atomic E-state index is 10.7. The lowest BCUT2D eigenvalue weighted by atomic mass is 10.0. The van der Waals surface area contributed by atoms with Crippen LogP contribution in [0.4, 0.5) is 0 Å². The third kappa shape index (κ3) is 9.60. The molecule has 0 spiro atoms. The van der Waals surface area contributed by atoms with Gasteiger partial charge in [0, 0.05) is 13.5 Å². The van der Waals surface area contributed by atoms with Crippen molar-refractivity contribution in [3.8, 4) is 0 Å². The van der Waals surface area contributed by atoms with Gasteiger partial charge in [0.1, 0.15) is 0 Å². The van der Waals surface area contributed by atoms with Gasteiger partial charge in [-0.1, -0.05) is 68.9 Å². The van der Waals surface area contributed by atoms with Crippen molar-refractivity contribution in [2.45, 2.75) is 64.7 Å². The van der Waals surface area contributed by atoms with Crippen LogP contribution in [0, 0.1) is 0 Å². The monoisotopic (exact) mass is 275 g/mol. The fraction of sp³-hybridized carbons (Fsp3) is 0.611. The zero-order valence-electron chi connectivity index (χ0n) is 12.9. The van der Waals surface area contributed by atoms with Crippen LogP contribution in [0.25, 0.3) is 0 Å². The fourth-order valence-electron chi connectivity index (χ4n) is 2.42. The summed E-state index contributed by atoms with van der Waals surface area (Å²) in [7, 11) is 0. The number of carbonyl (C=O) groups excluding carboxylic acids is 1. The van der Waals surface area contributed by atoms with E-state index >= 15 is 0 Å². The number of amides is 1. The highest BCUT2D eigenvalue weighted by Crippen LogP contribution is 2.11. The molecular weight excluding hydrogens is 246 g/mol. The van der Waals surface area contributed by atoms with Crippen LogP contribution in [0.5, 0.6) is 0 Å².